The third-order valence-corrected chi connectivity index (χ3v) is 2.44. The number of carbonyl (C=O) groups excluding carboxylic acids is 3. The van der Waals surface area contributed by atoms with Gasteiger partial charge in [0.25, 0.3) is 0 Å². The average molecular weight is 364 g/mol. The van der Waals surface area contributed by atoms with Gasteiger partial charge in [0.1, 0.15) is 12.1 Å². The van der Waals surface area contributed by atoms with Gasteiger partial charge in [0, 0.05) is 33.6 Å². The van der Waals surface area contributed by atoms with Crippen molar-refractivity contribution in [1.29, 1.82) is 0 Å². The molecular weight excluding hydrogens is 340 g/mol. The molecule has 11 heteroatoms. The van der Waals surface area contributed by atoms with Crippen LogP contribution in [0.1, 0.15) is 33.6 Å². The second-order valence-electron chi connectivity index (χ2n) is 4.79. The number of carbonyl (C=O) groups is 5. The molecule has 0 bridgehead atoms. The molecule has 11 nitrogen and oxygen atoms in total. The van der Waals surface area contributed by atoms with Crippen LogP contribution in [0.2, 0.25) is 0 Å². The van der Waals surface area contributed by atoms with E-state index in [0.717, 1.165) is 0 Å². The lowest BCUT2D eigenvalue weighted by atomic mass is 10.2. The van der Waals surface area contributed by atoms with Crippen molar-refractivity contribution in [1.82, 2.24) is 5.32 Å². The van der Waals surface area contributed by atoms with Crippen molar-refractivity contribution in [3.05, 3.63) is 0 Å². The molecule has 0 rings (SSSR count). The van der Waals surface area contributed by atoms with E-state index in [4.69, 9.17) is 15.9 Å². The second-order valence-corrected chi connectivity index (χ2v) is 4.79. The number of aliphatic carboxylic acids is 2. The summed E-state index contributed by atoms with van der Waals surface area (Å²) in [6.45, 7) is 3.75. The third kappa shape index (κ3) is 17.5. The van der Waals surface area contributed by atoms with Crippen LogP contribution >= 0.6 is 0 Å². The number of nitrogens with one attached hydrogen (secondary N) is 1. The highest BCUT2D eigenvalue weighted by Crippen LogP contribution is 1.94. The van der Waals surface area contributed by atoms with Crippen molar-refractivity contribution in [2.45, 2.75) is 45.7 Å². The molecule has 1 amide bonds. The fourth-order valence-corrected chi connectivity index (χ4v) is 1.28. The Morgan fingerprint density at radius 1 is 0.880 bits per heavy atom. The number of esters is 2. The molecule has 0 aliphatic heterocycles. The lowest BCUT2D eigenvalue weighted by Crippen LogP contribution is -2.40. The van der Waals surface area contributed by atoms with Crippen molar-refractivity contribution in [3.8, 4) is 0 Å². The monoisotopic (exact) mass is 364 g/mol. The molecule has 5 N–H and O–H groups in total. The first-order valence-corrected chi connectivity index (χ1v) is 7.22. The van der Waals surface area contributed by atoms with E-state index in [1.54, 1.807) is 0 Å². The van der Waals surface area contributed by atoms with Crippen molar-refractivity contribution < 1.29 is 43.7 Å². The number of hydrogen-bond acceptors (Lipinski definition) is 8. The average Bonchev–Trinajstić information content (AvgIpc) is 2.45. The Bertz CT molecular complexity index is 479. The molecule has 0 radical (unpaired) electrons. The third-order valence-electron chi connectivity index (χ3n) is 2.44. The molecule has 2 atom stereocenters. The first-order chi connectivity index (χ1) is 11.5. The Morgan fingerprint density at radius 3 is 1.64 bits per heavy atom. The lowest BCUT2D eigenvalue weighted by Gasteiger charge is -2.12. The zero-order valence-electron chi connectivity index (χ0n) is 14.3. The molecule has 0 unspecified atom stereocenters. The van der Waals surface area contributed by atoms with Crippen LogP contribution < -0.4 is 11.1 Å². The summed E-state index contributed by atoms with van der Waals surface area (Å²) in [6, 6.07) is -1.96. The molecule has 0 spiro atoms. The smallest absolute Gasteiger partial charge is 0.326 e. The van der Waals surface area contributed by atoms with Crippen LogP contribution in [-0.4, -0.2) is 65.3 Å². The number of ether oxygens (including phenoxy) is 2. The maximum atomic E-state index is 10.6. The standard InChI is InChI=1S/C8H13NO5.C6H11NO4/c1-5(10)9-7(8(12)13)3-4-14-6(2)11;1-4(8)11-3-2-5(7)6(9)10/h7H,3-4H2,1-2H3,(H,9,10)(H,12,13);5H,2-3,7H2,1H3,(H,9,10)/t7-;5-/m00/s1. The summed E-state index contributed by atoms with van der Waals surface area (Å²) in [5.74, 6) is -3.57. The molecule has 0 aromatic carbocycles. The summed E-state index contributed by atoms with van der Waals surface area (Å²) in [5.41, 5.74) is 5.11. The van der Waals surface area contributed by atoms with Gasteiger partial charge in [-0.1, -0.05) is 0 Å². The molecule has 144 valence electrons. The van der Waals surface area contributed by atoms with Gasteiger partial charge in [0.05, 0.1) is 13.2 Å². The maximum Gasteiger partial charge on any atom is 0.326 e. The van der Waals surface area contributed by atoms with E-state index in [0.29, 0.717) is 0 Å². The molecule has 0 aliphatic carbocycles. The molecule has 0 saturated carbocycles. The van der Waals surface area contributed by atoms with Gasteiger partial charge < -0.3 is 30.7 Å². The van der Waals surface area contributed by atoms with Crippen molar-refractivity contribution in [3.63, 3.8) is 0 Å². The van der Waals surface area contributed by atoms with Gasteiger partial charge in [0.15, 0.2) is 0 Å². The van der Waals surface area contributed by atoms with E-state index in [1.165, 1.54) is 20.8 Å². The molecule has 0 aromatic rings. The molecule has 0 aliphatic rings. The Labute approximate surface area is 144 Å². The van der Waals surface area contributed by atoms with Crippen LogP contribution in [0.5, 0.6) is 0 Å². The summed E-state index contributed by atoms with van der Waals surface area (Å²) in [7, 11) is 0. The quantitative estimate of drug-likeness (QED) is 0.365. The lowest BCUT2D eigenvalue weighted by molar-refractivity contribution is -0.145. The summed E-state index contributed by atoms with van der Waals surface area (Å²) in [5, 5.41) is 19.1. The van der Waals surface area contributed by atoms with Gasteiger partial charge >= 0.3 is 23.9 Å². The molecule has 0 heterocycles. The zero-order valence-corrected chi connectivity index (χ0v) is 14.3. The van der Waals surface area contributed by atoms with E-state index < -0.39 is 41.9 Å². The fraction of sp³-hybridized carbons (Fsp3) is 0.643. The van der Waals surface area contributed by atoms with Gasteiger partial charge in [0.2, 0.25) is 5.91 Å². The Morgan fingerprint density at radius 2 is 1.32 bits per heavy atom. The Balaban J connectivity index is 0. The zero-order chi connectivity index (χ0) is 20.0. The predicted octanol–water partition coefficient (Wildman–Crippen LogP) is -1.12. The summed E-state index contributed by atoms with van der Waals surface area (Å²) >= 11 is 0. The van der Waals surface area contributed by atoms with Gasteiger partial charge in [-0.15, -0.1) is 0 Å². The van der Waals surface area contributed by atoms with Gasteiger partial charge in [-0.3, -0.25) is 19.2 Å². The minimum atomic E-state index is -1.15. The van der Waals surface area contributed by atoms with Gasteiger partial charge in [-0.05, 0) is 0 Å². The highest BCUT2D eigenvalue weighted by atomic mass is 16.5. The molecule has 0 saturated heterocycles. The number of amides is 1. The van der Waals surface area contributed by atoms with E-state index in [1.807, 2.05) is 0 Å². The first kappa shape index (κ1) is 24.6. The van der Waals surface area contributed by atoms with Gasteiger partial charge in [-0.25, -0.2) is 4.79 Å². The van der Waals surface area contributed by atoms with Crippen LogP contribution in [0, 0.1) is 0 Å². The van der Waals surface area contributed by atoms with Gasteiger partial charge in [-0.2, -0.15) is 0 Å². The highest BCUT2D eigenvalue weighted by molar-refractivity contribution is 5.82. The number of carboxylic acid groups (broad SMARTS) is 2. The highest BCUT2D eigenvalue weighted by Gasteiger charge is 2.18. The van der Waals surface area contributed by atoms with Crippen molar-refractivity contribution >= 4 is 29.8 Å². The van der Waals surface area contributed by atoms with Crippen LogP contribution in [0.25, 0.3) is 0 Å². The molecule has 25 heavy (non-hydrogen) atoms. The van der Waals surface area contributed by atoms with E-state index >= 15 is 0 Å². The minimum Gasteiger partial charge on any atom is -0.480 e. The second kappa shape index (κ2) is 13.7. The summed E-state index contributed by atoms with van der Waals surface area (Å²) in [4.78, 5) is 51.8. The summed E-state index contributed by atoms with van der Waals surface area (Å²) < 4.78 is 9.03. The van der Waals surface area contributed by atoms with E-state index in [9.17, 15) is 24.0 Å². The van der Waals surface area contributed by atoms with Crippen molar-refractivity contribution in [2.24, 2.45) is 5.73 Å². The van der Waals surface area contributed by atoms with Crippen molar-refractivity contribution in [2.75, 3.05) is 13.2 Å². The summed E-state index contributed by atoms with van der Waals surface area (Å²) in [6.07, 6.45) is 0.212. The van der Waals surface area contributed by atoms with Crippen LogP contribution in [0.3, 0.4) is 0 Å². The number of hydrogen-bond donors (Lipinski definition) is 4. The topological polar surface area (TPSA) is 182 Å². The largest absolute Gasteiger partial charge is 0.480 e. The SMILES string of the molecule is CC(=O)N[C@@H](CCOC(C)=O)C(=O)O.CC(=O)OCC[C@H](N)C(=O)O. The number of rotatable bonds is 9. The number of nitrogens with two attached hydrogens (primary N) is 1. The van der Waals surface area contributed by atoms with E-state index in [2.05, 4.69) is 14.8 Å². The first-order valence-electron chi connectivity index (χ1n) is 7.22. The van der Waals surface area contributed by atoms with Crippen LogP contribution in [0.4, 0.5) is 0 Å². The minimum absolute atomic E-state index is 0.0212. The Kier molecular flexibility index (Phi) is 13.5. The maximum absolute atomic E-state index is 10.6. The number of carboxylic acids is 2. The fourth-order valence-electron chi connectivity index (χ4n) is 1.28. The molecule has 0 aromatic heterocycles. The normalized spacial score (nSPS) is 11.8. The molecular formula is C14H24N2O9. The van der Waals surface area contributed by atoms with E-state index in [-0.39, 0.29) is 26.1 Å². The van der Waals surface area contributed by atoms with Crippen LogP contribution in [-0.2, 0) is 33.4 Å². The van der Waals surface area contributed by atoms with Crippen LogP contribution in [0.15, 0.2) is 0 Å². The Hall–Kier alpha value is -2.69. The molecule has 0 fully saturated rings. The predicted molar refractivity (Wildman–Crippen MR) is 83.4 cm³/mol.